The number of benzene rings is 1. The summed E-state index contributed by atoms with van der Waals surface area (Å²) in [5.41, 5.74) is 2.26. The van der Waals surface area contributed by atoms with E-state index in [0.717, 1.165) is 46.5 Å². The summed E-state index contributed by atoms with van der Waals surface area (Å²) in [5.74, 6) is 0.944. The monoisotopic (exact) mass is 352 g/mol. The van der Waals surface area contributed by atoms with Crippen molar-refractivity contribution in [3.8, 4) is 10.6 Å². The molecule has 0 unspecified atom stereocenters. The average Bonchev–Trinajstić information content (AvgIpc) is 3.26. The lowest BCUT2D eigenvalue weighted by molar-refractivity contribution is 0.268. The van der Waals surface area contributed by atoms with Crippen molar-refractivity contribution >= 4 is 27.2 Å². The normalized spacial score (nSPS) is 16.6. The number of fused-ring (bicyclic) bond motifs is 2. The van der Waals surface area contributed by atoms with Crippen LogP contribution in [0.5, 0.6) is 0 Å². The van der Waals surface area contributed by atoms with Crippen molar-refractivity contribution in [3.05, 3.63) is 36.3 Å². The Balaban J connectivity index is 1.49. The number of rotatable bonds is 3. The van der Waals surface area contributed by atoms with Gasteiger partial charge in [-0.3, -0.25) is 4.90 Å². The van der Waals surface area contributed by atoms with Crippen molar-refractivity contribution < 1.29 is 0 Å². The highest BCUT2D eigenvalue weighted by molar-refractivity contribution is 7.19. The zero-order chi connectivity index (χ0) is 16.6. The minimum absolute atomic E-state index is 0.832. The van der Waals surface area contributed by atoms with E-state index in [0.29, 0.717) is 0 Å². The number of H-pyrrole nitrogens is 1. The van der Waals surface area contributed by atoms with Gasteiger partial charge in [-0.2, -0.15) is 9.61 Å². The third-order valence-electron chi connectivity index (χ3n) is 4.94. The molecule has 1 saturated heterocycles. The van der Waals surface area contributed by atoms with Crippen molar-refractivity contribution in [1.82, 2.24) is 29.7 Å². The smallest absolute Gasteiger partial charge is 0.235 e. The molecule has 0 saturated carbocycles. The zero-order valence-electron chi connectivity index (χ0n) is 14.0. The van der Waals surface area contributed by atoms with Crippen molar-refractivity contribution in [3.63, 3.8) is 0 Å². The number of likely N-dealkylation sites (tertiary alicyclic amines) is 1. The highest BCUT2D eigenvalue weighted by Crippen LogP contribution is 2.31. The molecule has 1 N–H and O–H groups in total. The number of nitrogens with one attached hydrogen (secondary N) is 1. The van der Waals surface area contributed by atoms with Crippen LogP contribution in [0.4, 0.5) is 0 Å². The number of nitrogens with zero attached hydrogens (tertiary/aromatic N) is 5. The van der Waals surface area contributed by atoms with Gasteiger partial charge >= 0.3 is 0 Å². The Hall–Kier alpha value is -2.25. The van der Waals surface area contributed by atoms with E-state index in [2.05, 4.69) is 38.3 Å². The first kappa shape index (κ1) is 15.0. The molecule has 1 aromatic carbocycles. The Morgan fingerprint density at radius 3 is 2.76 bits per heavy atom. The second-order valence-electron chi connectivity index (χ2n) is 6.66. The van der Waals surface area contributed by atoms with Gasteiger partial charge in [0.25, 0.3) is 0 Å². The van der Waals surface area contributed by atoms with Gasteiger partial charge in [-0.25, -0.2) is 0 Å². The molecule has 7 heteroatoms. The molecule has 1 fully saturated rings. The van der Waals surface area contributed by atoms with Crippen LogP contribution in [-0.4, -0.2) is 42.8 Å². The lowest BCUT2D eigenvalue weighted by Crippen LogP contribution is -2.25. The third kappa shape index (κ3) is 2.73. The first-order chi connectivity index (χ1) is 12.4. The molecule has 6 nitrogen and oxygen atoms in total. The number of para-hydroxylation sites is 1. The van der Waals surface area contributed by atoms with E-state index in [-0.39, 0.29) is 0 Å². The topological polar surface area (TPSA) is 62.1 Å². The van der Waals surface area contributed by atoms with Crippen LogP contribution < -0.4 is 0 Å². The fourth-order valence-electron chi connectivity index (χ4n) is 3.61. The molecule has 5 rings (SSSR count). The van der Waals surface area contributed by atoms with Gasteiger partial charge in [0.1, 0.15) is 5.01 Å². The largest absolute Gasteiger partial charge is 0.360 e. The molecule has 25 heavy (non-hydrogen) atoms. The van der Waals surface area contributed by atoms with Gasteiger partial charge in [0, 0.05) is 22.7 Å². The Morgan fingerprint density at radius 1 is 1.04 bits per heavy atom. The average molecular weight is 352 g/mol. The molecule has 0 spiro atoms. The first-order valence-electron chi connectivity index (χ1n) is 8.88. The SMILES string of the molecule is c1ccc2c(-c3nn4c(CN5CCCCCC5)nnc4s3)c[nH]c2c1. The summed E-state index contributed by atoms with van der Waals surface area (Å²) in [6.07, 6.45) is 7.27. The first-order valence-corrected chi connectivity index (χ1v) is 9.70. The quantitative estimate of drug-likeness (QED) is 0.610. The second kappa shape index (κ2) is 6.24. The Labute approximate surface area is 149 Å². The summed E-state index contributed by atoms with van der Waals surface area (Å²) < 4.78 is 1.92. The Bertz CT molecular complexity index is 1010. The van der Waals surface area contributed by atoms with Crippen molar-refractivity contribution in [2.75, 3.05) is 13.1 Å². The molecule has 0 amide bonds. The van der Waals surface area contributed by atoms with Crippen molar-refractivity contribution in [2.24, 2.45) is 0 Å². The molecular weight excluding hydrogens is 332 g/mol. The Kier molecular flexibility index (Phi) is 3.75. The lowest BCUT2D eigenvalue weighted by atomic mass is 10.2. The number of hydrogen-bond donors (Lipinski definition) is 1. The molecule has 1 aliphatic rings. The molecule has 0 aliphatic carbocycles. The summed E-state index contributed by atoms with van der Waals surface area (Å²) in [4.78, 5) is 6.67. The highest BCUT2D eigenvalue weighted by atomic mass is 32.1. The minimum Gasteiger partial charge on any atom is -0.360 e. The minimum atomic E-state index is 0.832. The molecule has 0 atom stereocenters. The van der Waals surface area contributed by atoms with E-state index in [4.69, 9.17) is 5.10 Å². The van der Waals surface area contributed by atoms with Gasteiger partial charge in [-0.05, 0) is 32.0 Å². The standard InChI is InChI=1S/C18H20N6S/c1-2-6-10-23(9-5-1)12-16-20-21-18-24(16)22-17(25-18)14-11-19-15-8-4-3-7-13(14)15/h3-4,7-8,11,19H,1-2,5-6,9-10,12H2. The second-order valence-corrected chi connectivity index (χ2v) is 7.61. The van der Waals surface area contributed by atoms with Gasteiger partial charge in [-0.1, -0.05) is 42.4 Å². The van der Waals surface area contributed by atoms with Gasteiger partial charge < -0.3 is 4.98 Å². The number of aromatic amines is 1. The maximum atomic E-state index is 4.82. The van der Waals surface area contributed by atoms with Crippen LogP contribution in [0.15, 0.2) is 30.5 Å². The molecular formula is C18H20N6S. The van der Waals surface area contributed by atoms with E-state index in [1.807, 2.05) is 16.8 Å². The van der Waals surface area contributed by atoms with Crippen LogP contribution in [0.3, 0.4) is 0 Å². The molecule has 128 valence electrons. The van der Waals surface area contributed by atoms with Crippen LogP contribution in [0.1, 0.15) is 31.5 Å². The molecule has 0 radical (unpaired) electrons. The highest BCUT2D eigenvalue weighted by Gasteiger charge is 2.18. The summed E-state index contributed by atoms with van der Waals surface area (Å²) in [6.45, 7) is 3.13. The molecule has 0 bridgehead atoms. The third-order valence-corrected chi connectivity index (χ3v) is 5.87. The van der Waals surface area contributed by atoms with E-state index in [1.165, 1.54) is 31.1 Å². The van der Waals surface area contributed by atoms with Crippen LogP contribution in [0, 0.1) is 0 Å². The van der Waals surface area contributed by atoms with Gasteiger partial charge in [0.2, 0.25) is 4.96 Å². The summed E-state index contributed by atoms with van der Waals surface area (Å²) >= 11 is 1.60. The van der Waals surface area contributed by atoms with E-state index in [1.54, 1.807) is 11.3 Å². The molecule has 4 aromatic rings. The van der Waals surface area contributed by atoms with Crippen LogP contribution in [0.2, 0.25) is 0 Å². The lowest BCUT2D eigenvalue weighted by Gasteiger charge is -2.17. The van der Waals surface area contributed by atoms with Crippen molar-refractivity contribution in [2.45, 2.75) is 32.2 Å². The number of hydrogen-bond acceptors (Lipinski definition) is 5. The van der Waals surface area contributed by atoms with E-state index < -0.39 is 0 Å². The number of aromatic nitrogens is 5. The summed E-state index contributed by atoms with van der Waals surface area (Å²) in [7, 11) is 0. The van der Waals surface area contributed by atoms with Crippen LogP contribution in [-0.2, 0) is 6.54 Å². The fraction of sp³-hybridized carbons (Fsp3) is 0.389. The molecule has 1 aliphatic heterocycles. The van der Waals surface area contributed by atoms with E-state index >= 15 is 0 Å². The van der Waals surface area contributed by atoms with Gasteiger partial charge in [-0.15, -0.1) is 10.2 Å². The maximum Gasteiger partial charge on any atom is 0.235 e. The van der Waals surface area contributed by atoms with Crippen molar-refractivity contribution in [1.29, 1.82) is 0 Å². The Morgan fingerprint density at radius 2 is 1.88 bits per heavy atom. The van der Waals surface area contributed by atoms with Crippen LogP contribution in [0.25, 0.3) is 26.4 Å². The van der Waals surface area contributed by atoms with Gasteiger partial charge in [0.05, 0.1) is 6.54 Å². The van der Waals surface area contributed by atoms with Crippen LogP contribution >= 0.6 is 11.3 Å². The summed E-state index contributed by atoms with van der Waals surface area (Å²) in [5, 5.41) is 15.7. The maximum absolute atomic E-state index is 4.82. The summed E-state index contributed by atoms with van der Waals surface area (Å²) in [6, 6.07) is 8.32. The zero-order valence-corrected chi connectivity index (χ0v) is 14.8. The van der Waals surface area contributed by atoms with Gasteiger partial charge in [0.15, 0.2) is 5.82 Å². The molecule has 4 heterocycles. The predicted molar refractivity (Wildman–Crippen MR) is 99.7 cm³/mol. The van der Waals surface area contributed by atoms with E-state index in [9.17, 15) is 0 Å². The predicted octanol–water partition coefficient (Wildman–Crippen LogP) is 3.71. The fourth-order valence-corrected chi connectivity index (χ4v) is 4.50. The molecule has 3 aromatic heterocycles.